The van der Waals surface area contributed by atoms with Gasteiger partial charge in [0.2, 0.25) is 0 Å². The molecule has 8 N–H and O–H groups in total. The van der Waals surface area contributed by atoms with Crippen molar-refractivity contribution in [1.29, 1.82) is 0 Å². The number of fused-ring (bicyclic) bond motifs is 2. The first-order chi connectivity index (χ1) is 64.0. The number of aliphatic hydroxyl groups is 3. The molecule has 16 aromatic rings. The number of rotatable bonds is 27. The molecule has 3 aliphatic rings. The van der Waals surface area contributed by atoms with E-state index in [1.807, 2.05) is 196 Å². The van der Waals surface area contributed by atoms with Gasteiger partial charge in [0, 0.05) is 112 Å². The number of aliphatic hydroxyl groups excluding tert-OH is 3. The highest BCUT2D eigenvalue weighted by molar-refractivity contribution is 6.21. The molecule has 3 aliphatic heterocycles. The van der Waals surface area contributed by atoms with Gasteiger partial charge in [0.25, 0.3) is 23.6 Å². The summed E-state index contributed by atoms with van der Waals surface area (Å²) in [6, 6.07) is 99.5. The summed E-state index contributed by atoms with van der Waals surface area (Å²) in [6.45, 7) is 5.17. The van der Waals surface area contributed by atoms with E-state index in [9.17, 15) is 60.0 Å². The SMILES string of the molecule is O=C1c2ccccc2C(=O)N1CCCc1c(-c2ccccc2)ncn1Cc1cccc(O)c1.O=C1c2ccccc2C(=O)N1OCCc1c(Cc2ccccc2)ncn1Cc1cccc(O)c1.OCC1CN(c2ccccc2)CCN1c1cccc(O)c1.OCc1c(-c2ccccc2)ncn1Cc1cccc(O)c1.OCc1c(Cc2ccccc2)ncn1Cc1cccc(O)c1. The number of carbonyl (C=O) groups is 4. The van der Waals surface area contributed by atoms with Crippen LogP contribution in [0.25, 0.3) is 22.5 Å². The van der Waals surface area contributed by atoms with E-state index >= 15 is 0 Å². The second-order valence-electron chi connectivity index (χ2n) is 31.7. The molecule has 0 aliphatic carbocycles. The molecule has 131 heavy (non-hydrogen) atoms. The third-order valence-electron chi connectivity index (χ3n) is 22.8. The Hall–Kier alpha value is -15.8. The maximum Gasteiger partial charge on any atom is 0.285 e. The zero-order valence-corrected chi connectivity index (χ0v) is 72.0. The van der Waals surface area contributed by atoms with Crippen LogP contribution in [-0.4, -0.2) is 158 Å². The number of imidazole rings is 4. The maximum atomic E-state index is 12.7. The van der Waals surface area contributed by atoms with Gasteiger partial charge in [0.15, 0.2) is 0 Å². The van der Waals surface area contributed by atoms with Gasteiger partial charge in [-0.3, -0.25) is 28.9 Å². The monoisotopic (exact) mass is 1750 g/mol. The number of phenolic OH excluding ortho intramolecular Hbond substituents is 5. The Morgan fingerprint density at radius 1 is 0.336 bits per heavy atom. The number of anilines is 2. The summed E-state index contributed by atoms with van der Waals surface area (Å²) >= 11 is 0. The first-order valence-corrected chi connectivity index (χ1v) is 43.2. The fourth-order valence-corrected chi connectivity index (χ4v) is 16.4. The minimum Gasteiger partial charge on any atom is -0.508 e. The van der Waals surface area contributed by atoms with Crippen molar-refractivity contribution in [3.8, 4) is 51.3 Å². The van der Waals surface area contributed by atoms with E-state index in [0.717, 1.165) is 115 Å². The summed E-state index contributed by atoms with van der Waals surface area (Å²) < 4.78 is 7.91. The van der Waals surface area contributed by atoms with Crippen LogP contribution in [0, 0.1) is 0 Å². The highest BCUT2D eigenvalue weighted by Crippen LogP contribution is 2.32. The van der Waals surface area contributed by atoms with E-state index in [1.54, 1.807) is 140 Å². The van der Waals surface area contributed by atoms with Crippen molar-refractivity contribution in [1.82, 2.24) is 48.2 Å². The number of amides is 4. The molecule has 7 heterocycles. The van der Waals surface area contributed by atoms with E-state index in [1.165, 1.54) is 16.2 Å². The van der Waals surface area contributed by atoms with Crippen molar-refractivity contribution >= 4 is 35.0 Å². The third-order valence-corrected chi connectivity index (χ3v) is 22.8. The molecular weight excluding hydrogens is 1650 g/mol. The Balaban J connectivity index is 0.000000128. The Kier molecular flexibility index (Phi) is 30.0. The van der Waals surface area contributed by atoms with Gasteiger partial charge >= 0.3 is 0 Å². The number of carbonyl (C=O) groups excluding carboxylic acids is 4. The predicted octanol–water partition coefficient (Wildman–Crippen LogP) is 16.1. The molecule has 4 aromatic heterocycles. The fourth-order valence-electron chi connectivity index (χ4n) is 16.4. The van der Waals surface area contributed by atoms with Crippen LogP contribution in [0.3, 0.4) is 0 Å². The highest BCUT2D eigenvalue weighted by Gasteiger charge is 2.38. The lowest BCUT2D eigenvalue weighted by atomic mass is 10.1. The van der Waals surface area contributed by atoms with Gasteiger partial charge in [-0.05, 0) is 143 Å². The molecule has 19 rings (SSSR count). The average molecular weight is 1750 g/mol. The van der Waals surface area contributed by atoms with Crippen LogP contribution in [0.4, 0.5) is 11.4 Å². The summed E-state index contributed by atoms with van der Waals surface area (Å²) in [6.07, 6.45) is 10.1. The van der Waals surface area contributed by atoms with Crippen molar-refractivity contribution in [3.05, 3.63) is 437 Å². The first kappa shape index (κ1) is 90.0. The Labute approximate surface area is 758 Å². The molecule has 0 saturated carbocycles. The highest BCUT2D eigenvalue weighted by atomic mass is 16.7. The first-order valence-electron chi connectivity index (χ1n) is 43.2. The van der Waals surface area contributed by atoms with Crippen molar-refractivity contribution in [2.24, 2.45) is 0 Å². The predicted molar refractivity (Wildman–Crippen MR) is 501 cm³/mol. The number of aromatic hydroxyl groups is 5. The lowest BCUT2D eigenvalue weighted by Crippen LogP contribution is -2.55. The molecule has 1 atom stereocenters. The van der Waals surface area contributed by atoms with Gasteiger partial charge in [-0.15, -0.1) is 5.06 Å². The van der Waals surface area contributed by atoms with Crippen LogP contribution in [0.5, 0.6) is 28.7 Å². The second kappa shape index (κ2) is 43.6. The number of hydrogen-bond donors (Lipinski definition) is 8. The Morgan fingerprint density at radius 3 is 1.13 bits per heavy atom. The number of benzene rings is 12. The second-order valence-corrected chi connectivity index (χ2v) is 31.7. The normalized spacial score (nSPS) is 13.1. The summed E-state index contributed by atoms with van der Waals surface area (Å²) in [5.74, 6) is -0.180. The molecule has 25 nitrogen and oxygen atoms in total. The number of imide groups is 2. The van der Waals surface area contributed by atoms with Crippen LogP contribution in [0.1, 0.15) is 115 Å². The molecule has 0 bridgehead atoms. The number of nitrogens with zero attached hydrogens (tertiary/aromatic N) is 12. The number of hydroxylamine groups is 2. The van der Waals surface area contributed by atoms with E-state index in [0.29, 0.717) is 87.1 Å². The van der Waals surface area contributed by atoms with Gasteiger partial charge in [0.05, 0.1) is 114 Å². The van der Waals surface area contributed by atoms with Crippen molar-refractivity contribution < 1.29 is 64.9 Å². The fraction of sp³-hybridized carbons (Fsp3) is 0.170. The van der Waals surface area contributed by atoms with Crippen LogP contribution < -0.4 is 9.80 Å². The van der Waals surface area contributed by atoms with Gasteiger partial charge in [0.1, 0.15) is 28.7 Å². The summed E-state index contributed by atoms with van der Waals surface area (Å²) in [4.78, 5) is 80.2. The number of aromatic nitrogens is 8. The molecule has 25 heteroatoms. The molecular formula is C106H100N12O13. The van der Waals surface area contributed by atoms with Gasteiger partial charge < -0.3 is 68.9 Å². The summed E-state index contributed by atoms with van der Waals surface area (Å²) in [5, 5.41) is 78.3. The quantitative estimate of drug-likeness (QED) is 0.0222. The molecule has 12 aromatic carbocycles. The van der Waals surface area contributed by atoms with E-state index in [2.05, 4.69) is 58.6 Å². The van der Waals surface area contributed by atoms with Crippen LogP contribution in [0.15, 0.2) is 347 Å². The molecule has 1 fully saturated rings. The van der Waals surface area contributed by atoms with Gasteiger partial charge in [-0.2, -0.15) is 0 Å². The average Bonchev–Trinajstić information content (AvgIpc) is 1.66. The number of piperazine rings is 1. The minimum atomic E-state index is -0.446. The zero-order valence-electron chi connectivity index (χ0n) is 72.0. The maximum absolute atomic E-state index is 12.7. The Bertz CT molecular complexity index is 6460. The molecule has 0 radical (unpaired) electrons. The lowest BCUT2D eigenvalue weighted by Gasteiger charge is -2.43. The van der Waals surface area contributed by atoms with Crippen molar-refractivity contribution in [2.75, 3.05) is 49.2 Å². The third kappa shape index (κ3) is 22.8. The largest absolute Gasteiger partial charge is 0.508 e. The zero-order chi connectivity index (χ0) is 91.0. The van der Waals surface area contributed by atoms with Crippen LogP contribution >= 0.6 is 0 Å². The van der Waals surface area contributed by atoms with E-state index < -0.39 is 11.8 Å². The molecule has 1 unspecified atom stereocenters. The standard InChI is InChI=1S/C27H23N3O4.C27H23N3O3.C18H18N2O2.C17H16N2O2.C17H20N2O2/c31-21-10-6-9-20(15-21)17-29-18-28-24(16-19-7-2-1-3-8-19)25(29)13-14-34-30-26(32)22-11-4-5-12-23(22)27(30)33;31-21-11-6-8-19(16-21)17-29-18-28-25(20-9-2-1-3-10-20)24(29)14-7-15-30-26(32)22-12-4-5-13-23(22)27(30)33;21-12-18-17(10-14-5-2-1-3-6-14)19-13-20(18)11-15-7-4-8-16(22)9-15;20-11-16-17(14-6-2-1-3-7-14)18-12-19(16)10-13-5-4-8-15(21)9-13;20-13-16-12-18(14-5-2-1-3-6-14)9-10-19(16)15-7-4-8-17(21)11-15/h1-12,15,18,31H,13-14,16-17H2;1-6,8-13,16,18,31H,7,14-15,17H2;1-9,13,21-22H,10-12H2;1-9,12,20-21H,10-11H2;1-8,11,16,20-21H,9-10,12-13H2. The van der Waals surface area contributed by atoms with Crippen LogP contribution in [0.2, 0.25) is 0 Å². The van der Waals surface area contributed by atoms with E-state index in [4.69, 9.17) is 4.84 Å². The summed E-state index contributed by atoms with van der Waals surface area (Å²) in [7, 11) is 0. The molecule has 1 saturated heterocycles. The smallest absolute Gasteiger partial charge is 0.285 e. The van der Waals surface area contributed by atoms with Crippen molar-refractivity contribution in [3.63, 3.8) is 0 Å². The van der Waals surface area contributed by atoms with E-state index in [-0.39, 0.29) is 73.0 Å². The topological polar surface area (TPSA) is 324 Å². The molecule has 0 spiro atoms. The van der Waals surface area contributed by atoms with Crippen LogP contribution in [-0.2, 0) is 69.9 Å². The number of para-hydroxylation sites is 1. The van der Waals surface area contributed by atoms with Gasteiger partial charge in [-0.25, -0.2) is 19.9 Å². The number of phenols is 5. The lowest BCUT2D eigenvalue weighted by molar-refractivity contribution is -0.0905. The molecule has 662 valence electrons. The minimum absolute atomic E-state index is 0.0285. The Morgan fingerprint density at radius 2 is 0.695 bits per heavy atom. The molecule has 4 amide bonds. The van der Waals surface area contributed by atoms with Gasteiger partial charge in [-0.1, -0.05) is 218 Å². The van der Waals surface area contributed by atoms with Crippen molar-refractivity contribution in [2.45, 2.75) is 77.5 Å². The summed E-state index contributed by atoms with van der Waals surface area (Å²) in [5.41, 5.74) is 18.9. The number of hydrogen-bond acceptors (Lipinski definition) is 19.